The van der Waals surface area contributed by atoms with E-state index in [-0.39, 0.29) is 11.8 Å². The second kappa shape index (κ2) is 5.93. The van der Waals surface area contributed by atoms with E-state index in [4.69, 9.17) is 0 Å². The molecular weight excluding hydrogens is 286 g/mol. The Morgan fingerprint density at radius 2 is 2.24 bits per heavy atom. The van der Waals surface area contributed by atoms with Crippen LogP contribution >= 0.6 is 11.3 Å². The third-order valence-corrected chi connectivity index (χ3v) is 5.64. The zero-order valence-corrected chi connectivity index (χ0v) is 13.3. The topological polar surface area (TPSA) is 65.5 Å². The monoisotopic (exact) mass is 309 g/mol. The van der Waals surface area contributed by atoms with Crippen molar-refractivity contribution in [3.8, 4) is 0 Å². The molecule has 1 amide bonds. The second-order valence-electron chi connectivity index (χ2n) is 6.33. The van der Waals surface area contributed by atoms with Gasteiger partial charge in [0.05, 0.1) is 11.3 Å². The minimum Gasteiger partial charge on any atom is -0.388 e. The Labute approximate surface area is 129 Å². The first-order valence-electron chi connectivity index (χ1n) is 7.73. The van der Waals surface area contributed by atoms with E-state index in [1.807, 2.05) is 6.92 Å². The molecule has 0 spiro atoms. The van der Waals surface area contributed by atoms with E-state index in [0.717, 1.165) is 56.0 Å². The number of hydrogen-bond donors (Lipinski definition) is 2. The lowest BCUT2D eigenvalue weighted by molar-refractivity contribution is -0.128. The summed E-state index contributed by atoms with van der Waals surface area (Å²) in [5, 5.41) is 16.1. The fourth-order valence-corrected chi connectivity index (χ4v) is 3.83. The van der Waals surface area contributed by atoms with Crippen LogP contribution in [0.3, 0.4) is 0 Å². The second-order valence-corrected chi connectivity index (χ2v) is 7.17. The van der Waals surface area contributed by atoms with Crippen molar-refractivity contribution in [2.75, 3.05) is 24.5 Å². The van der Waals surface area contributed by atoms with Crippen LogP contribution in [-0.4, -0.2) is 41.2 Å². The smallest absolute Gasteiger partial charge is 0.223 e. The maximum atomic E-state index is 12.2. The fourth-order valence-electron chi connectivity index (χ4n) is 2.98. The van der Waals surface area contributed by atoms with Gasteiger partial charge in [-0.25, -0.2) is 4.98 Å². The Balaban J connectivity index is 1.45. The Kier molecular flexibility index (Phi) is 4.17. The molecule has 2 aliphatic rings. The van der Waals surface area contributed by atoms with E-state index < -0.39 is 5.60 Å². The van der Waals surface area contributed by atoms with Crippen molar-refractivity contribution < 1.29 is 9.90 Å². The van der Waals surface area contributed by atoms with Crippen molar-refractivity contribution in [2.45, 2.75) is 44.6 Å². The minimum atomic E-state index is -0.630. The first kappa shape index (κ1) is 14.8. The molecule has 1 saturated carbocycles. The molecule has 2 heterocycles. The van der Waals surface area contributed by atoms with Gasteiger partial charge < -0.3 is 15.3 Å². The number of anilines is 1. The summed E-state index contributed by atoms with van der Waals surface area (Å²) in [5.41, 5.74) is 0.429. The number of aryl methyl sites for hydroxylation is 1. The molecule has 1 saturated heterocycles. The molecule has 1 aliphatic carbocycles. The number of nitrogens with zero attached hydrogens (tertiary/aromatic N) is 2. The molecule has 1 aromatic heterocycles. The number of carbonyl (C=O) groups is 1. The summed E-state index contributed by atoms with van der Waals surface area (Å²) < 4.78 is 0. The van der Waals surface area contributed by atoms with Gasteiger partial charge in [-0.15, -0.1) is 11.3 Å². The molecule has 6 heteroatoms. The van der Waals surface area contributed by atoms with Gasteiger partial charge in [-0.1, -0.05) is 0 Å². The van der Waals surface area contributed by atoms with E-state index in [9.17, 15) is 9.90 Å². The Hall–Kier alpha value is -1.14. The minimum absolute atomic E-state index is 0.0750. The molecule has 0 atom stereocenters. The molecule has 0 radical (unpaired) electrons. The van der Waals surface area contributed by atoms with E-state index in [1.54, 1.807) is 11.3 Å². The van der Waals surface area contributed by atoms with Crippen LogP contribution in [0.2, 0.25) is 0 Å². The summed E-state index contributed by atoms with van der Waals surface area (Å²) in [4.78, 5) is 18.9. The summed E-state index contributed by atoms with van der Waals surface area (Å²) in [5.74, 6) is 0.177. The number of nitrogens with one attached hydrogen (secondary N) is 1. The van der Waals surface area contributed by atoms with Crippen molar-refractivity contribution >= 4 is 22.4 Å². The van der Waals surface area contributed by atoms with Crippen LogP contribution in [0.1, 0.15) is 37.8 Å². The summed E-state index contributed by atoms with van der Waals surface area (Å²) in [7, 11) is 0. The van der Waals surface area contributed by atoms with E-state index in [2.05, 4.69) is 20.6 Å². The molecule has 116 valence electrons. The third kappa shape index (κ3) is 3.37. The van der Waals surface area contributed by atoms with Crippen LogP contribution in [0.25, 0.3) is 0 Å². The number of amides is 1. The van der Waals surface area contributed by atoms with Crippen LogP contribution in [-0.2, 0) is 4.79 Å². The average molecular weight is 309 g/mol. The van der Waals surface area contributed by atoms with Gasteiger partial charge in [0.25, 0.3) is 0 Å². The van der Waals surface area contributed by atoms with Crippen molar-refractivity contribution in [1.29, 1.82) is 0 Å². The average Bonchev–Trinajstić information content (AvgIpc) is 2.89. The van der Waals surface area contributed by atoms with Crippen LogP contribution in [0, 0.1) is 12.8 Å². The highest BCUT2D eigenvalue weighted by Crippen LogP contribution is 2.31. The first-order valence-corrected chi connectivity index (χ1v) is 8.61. The molecule has 1 aliphatic heterocycles. The highest BCUT2D eigenvalue weighted by atomic mass is 32.1. The highest BCUT2D eigenvalue weighted by Gasteiger charge is 2.35. The number of aliphatic hydroxyl groups is 1. The molecule has 0 unspecified atom stereocenters. The number of thiazole rings is 1. The van der Waals surface area contributed by atoms with Crippen LogP contribution in [0.15, 0.2) is 5.38 Å². The van der Waals surface area contributed by atoms with E-state index in [0.29, 0.717) is 6.54 Å². The zero-order valence-electron chi connectivity index (χ0n) is 12.5. The molecule has 2 N–H and O–H groups in total. The molecular formula is C15H23N3O2S. The maximum absolute atomic E-state index is 12.2. The standard InChI is InChI=1S/C15H23N3O2S/c1-11-9-21-14(17-11)18-7-3-12(4-8-18)13(19)16-10-15(20)5-2-6-15/h9,12,20H,2-8,10H2,1H3,(H,16,19). The van der Waals surface area contributed by atoms with E-state index in [1.165, 1.54) is 0 Å². The predicted octanol–water partition coefficient (Wildman–Crippen LogP) is 1.70. The lowest BCUT2D eigenvalue weighted by Gasteiger charge is -2.37. The van der Waals surface area contributed by atoms with Gasteiger partial charge in [-0.05, 0) is 39.0 Å². The molecule has 0 bridgehead atoms. The molecule has 0 aromatic carbocycles. The van der Waals surface area contributed by atoms with Gasteiger partial charge in [-0.2, -0.15) is 0 Å². The number of rotatable bonds is 4. The van der Waals surface area contributed by atoms with Gasteiger partial charge in [0.1, 0.15) is 0 Å². The fraction of sp³-hybridized carbons (Fsp3) is 0.733. The predicted molar refractivity (Wildman–Crippen MR) is 83.6 cm³/mol. The van der Waals surface area contributed by atoms with E-state index >= 15 is 0 Å². The molecule has 2 fully saturated rings. The van der Waals surface area contributed by atoms with Gasteiger partial charge in [0, 0.05) is 30.9 Å². The van der Waals surface area contributed by atoms with Gasteiger partial charge in [-0.3, -0.25) is 4.79 Å². The van der Waals surface area contributed by atoms with Crippen LogP contribution in [0.5, 0.6) is 0 Å². The first-order chi connectivity index (χ1) is 10.1. The van der Waals surface area contributed by atoms with Crippen molar-refractivity contribution in [1.82, 2.24) is 10.3 Å². The summed E-state index contributed by atoms with van der Waals surface area (Å²) in [6.07, 6.45) is 4.42. The number of piperidine rings is 1. The summed E-state index contributed by atoms with van der Waals surface area (Å²) >= 11 is 1.67. The molecule has 3 rings (SSSR count). The third-order valence-electron chi connectivity index (χ3n) is 4.62. The number of hydrogen-bond acceptors (Lipinski definition) is 5. The van der Waals surface area contributed by atoms with Crippen molar-refractivity contribution in [3.63, 3.8) is 0 Å². The summed E-state index contributed by atoms with van der Waals surface area (Å²) in [6.45, 7) is 4.19. The molecule has 21 heavy (non-hydrogen) atoms. The SMILES string of the molecule is Cc1csc(N2CCC(C(=O)NCC3(O)CCC3)CC2)n1. The molecule has 1 aromatic rings. The highest BCUT2D eigenvalue weighted by molar-refractivity contribution is 7.13. The number of carbonyl (C=O) groups excluding carboxylic acids is 1. The van der Waals surface area contributed by atoms with Crippen LogP contribution < -0.4 is 10.2 Å². The van der Waals surface area contributed by atoms with Crippen molar-refractivity contribution in [3.05, 3.63) is 11.1 Å². The maximum Gasteiger partial charge on any atom is 0.223 e. The quantitative estimate of drug-likeness (QED) is 0.888. The normalized spacial score (nSPS) is 21.9. The largest absolute Gasteiger partial charge is 0.388 e. The van der Waals surface area contributed by atoms with Crippen molar-refractivity contribution in [2.24, 2.45) is 5.92 Å². The lowest BCUT2D eigenvalue weighted by Crippen LogP contribution is -2.50. The Morgan fingerprint density at radius 3 is 2.76 bits per heavy atom. The molecule has 5 nitrogen and oxygen atoms in total. The summed E-state index contributed by atoms with van der Waals surface area (Å²) in [6, 6.07) is 0. The Bertz CT molecular complexity index is 505. The lowest BCUT2D eigenvalue weighted by atomic mass is 9.80. The van der Waals surface area contributed by atoms with Crippen LogP contribution in [0.4, 0.5) is 5.13 Å². The van der Waals surface area contributed by atoms with Gasteiger partial charge in [0.2, 0.25) is 5.91 Å². The number of aromatic nitrogens is 1. The Morgan fingerprint density at radius 1 is 1.52 bits per heavy atom. The van der Waals surface area contributed by atoms with Gasteiger partial charge >= 0.3 is 0 Å². The van der Waals surface area contributed by atoms with Gasteiger partial charge in [0.15, 0.2) is 5.13 Å². The zero-order chi connectivity index (χ0) is 14.9.